The van der Waals surface area contributed by atoms with Crippen molar-refractivity contribution in [2.24, 2.45) is 6.99 Å². The summed E-state index contributed by atoms with van der Waals surface area (Å²) in [7, 11) is 0. The van der Waals surface area contributed by atoms with Crippen molar-refractivity contribution < 1.29 is 50.4 Å². The normalized spacial score (nSPS) is 11.1. The van der Waals surface area contributed by atoms with Gasteiger partial charge in [-0.3, -0.25) is 0 Å². The van der Waals surface area contributed by atoms with Gasteiger partial charge in [0.15, 0.2) is 0 Å². The Kier molecular flexibility index (Phi) is 35.7. The standard InChI is InChI=1S/C30H19Br3O.C24H25FO.2C12H17N.2C10H12.2C6H8N.2W/c31-23-15-11-21(12-16-23)27-25(19-7-3-1-4-8-19)29(33)26(20-9-5-2-6-10-20)28(30(27)34)22-13-17-24(32)18-14-22;1-13-7-15(3)22(16(4)8-13)20-11-19(25)12-21(24(20)26)23-17(5)9-14(2)10-18(23)6;2*1-8(2)10-6-5-7-11(9(3)4)12(10)13;2*1-10(2,3)9-7-5-4-6-8-9;2*1-5-3-4-6(2)7-5;;/h1-18,34H;7-12,26H,1-6H3;2*5-9H,1-4H3;2*1,4-8H,2-3H3;2*3-4H,1-2H3;;/q;;;;;;2*-1;;. The molecule has 0 radical (unpaired) electrons. The van der Waals surface area contributed by atoms with E-state index in [2.05, 4.69) is 295 Å². The molecule has 2 aromatic heterocycles. The number of hydrogen-bond acceptors (Lipinski definition) is 4. The summed E-state index contributed by atoms with van der Waals surface area (Å²) < 4.78 is 32.8. The molecule has 0 atom stereocenters. The van der Waals surface area contributed by atoms with E-state index < -0.39 is 35.8 Å². The second-order valence-corrected chi connectivity index (χ2v) is 40.9. The number of aromatic hydroxyl groups is 2. The van der Waals surface area contributed by atoms with Crippen molar-refractivity contribution in [3.05, 3.63) is 376 Å². The maximum Gasteiger partial charge on any atom is 0.132 e. The number of rotatable bonds is 16. The number of benzene rings is 12. The largest absolute Gasteiger partial charge is 0.665 e. The van der Waals surface area contributed by atoms with Crippen LogP contribution in [0.4, 0.5) is 15.8 Å². The van der Waals surface area contributed by atoms with E-state index in [1.54, 1.807) is 0 Å². The second kappa shape index (κ2) is 45.0. The maximum atomic E-state index is 14.6. The average molecular weight is 2150 g/mol. The van der Waals surface area contributed by atoms with Crippen molar-refractivity contribution in [1.82, 2.24) is 9.97 Å². The van der Waals surface area contributed by atoms with E-state index in [9.17, 15) is 14.6 Å². The van der Waals surface area contributed by atoms with Gasteiger partial charge < -0.3 is 20.2 Å². The topological polar surface area (TPSA) is 93.4 Å². The molecule has 12 heteroatoms. The van der Waals surface area contributed by atoms with Gasteiger partial charge in [-0.25, -0.2) is 4.39 Å². The summed E-state index contributed by atoms with van der Waals surface area (Å²) in [4.78, 5) is 8.22. The van der Waals surface area contributed by atoms with Gasteiger partial charge in [-0.1, -0.05) is 204 Å². The molecule has 632 valence electrons. The van der Waals surface area contributed by atoms with E-state index in [-0.39, 0.29) is 28.1 Å². The van der Waals surface area contributed by atoms with Crippen LogP contribution in [0, 0.1) is 75.1 Å². The van der Waals surface area contributed by atoms with Gasteiger partial charge >= 0.3 is 311 Å². The van der Waals surface area contributed by atoms with E-state index in [0.717, 1.165) is 125 Å². The number of aromatic nitrogens is 2. The molecule has 0 aliphatic rings. The minimum Gasteiger partial charge on any atom is -0.665 e. The Morgan fingerprint density at radius 2 is 0.598 bits per heavy atom. The van der Waals surface area contributed by atoms with Crippen LogP contribution in [0.2, 0.25) is 0 Å². The van der Waals surface area contributed by atoms with Crippen LogP contribution in [-0.2, 0) is 46.7 Å². The average Bonchev–Trinajstić information content (AvgIpc) is 0.771. The van der Waals surface area contributed by atoms with Crippen molar-refractivity contribution >= 4 is 68.0 Å². The zero-order chi connectivity index (χ0) is 88.9. The Hall–Kier alpha value is -9.11. The molecule has 0 aliphatic carbocycles. The number of phenols is 2. The van der Waals surface area contributed by atoms with Gasteiger partial charge in [0.25, 0.3) is 0 Å². The number of aryl methyl sites for hydroxylation is 10. The fraction of sp³-hybridized carbons (Fsp3) is 0.255. The third-order valence-corrected chi connectivity index (χ3v) is 30.2. The monoisotopic (exact) mass is 2150 g/mol. The Bertz CT molecular complexity index is 5480. The third-order valence-electron chi connectivity index (χ3n) is 21.3. The molecule has 0 saturated carbocycles. The van der Waals surface area contributed by atoms with Crippen LogP contribution in [-0.4, -0.2) is 19.0 Å². The van der Waals surface area contributed by atoms with Crippen LogP contribution in [0.3, 0.4) is 0 Å². The first-order chi connectivity index (χ1) is 58.0. The molecule has 122 heavy (non-hydrogen) atoms. The fourth-order valence-electron chi connectivity index (χ4n) is 15.2. The van der Waals surface area contributed by atoms with E-state index in [0.29, 0.717) is 34.8 Å². The van der Waals surface area contributed by atoms with Gasteiger partial charge in [-0.15, -0.1) is 0 Å². The predicted molar refractivity (Wildman–Crippen MR) is 523 cm³/mol. The van der Waals surface area contributed by atoms with Crippen molar-refractivity contribution in [2.75, 3.05) is 0 Å². The number of hydrogen-bond donors (Lipinski definition) is 2. The summed E-state index contributed by atoms with van der Waals surface area (Å²) in [6.07, 6.45) is 0. The van der Waals surface area contributed by atoms with Crippen molar-refractivity contribution in [3.8, 4) is 78.3 Å². The quantitative estimate of drug-likeness (QED) is 0.101. The summed E-state index contributed by atoms with van der Waals surface area (Å²) in [6.45, 7) is 47.4. The molecular formula is C110H118Br3FN4O2W2-2. The zero-order valence-electron chi connectivity index (χ0n) is 74.9. The molecule has 0 unspecified atom stereocenters. The van der Waals surface area contributed by atoms with Crippen molar-refractivity contribution in [3.63, 3.8) is 0 Å². The third kappa shape index (κ3) is 26.0. The van der Waals surface area contributed by atoms with Gasteiger partial charge in [0.2, 0.25) is 0 Å². The molecule has 2 N–H and O–H groups in total. The summed E-state index contributed by atoms with van der Waals surface area (Å²) in [6, 6.07) is 90.6. The van der Waals surface area contributed by atoms with E-state index >= 15 is 0 Å². The smallest absolute Gasteiger partial charge is 0.132 e. The van der Waals surface area contributed by atoms with Crippen LogP contribution in [0.25, 0.3) is 66.8 Å². The number of halogens is 4. The SMILES string of the molecule is CC(C)c1cccc(C(C)C)c1[N]=[W]=[CH]C(C)(C)c1ccccc1.CC(C)c1cccc(C(C)C)c1[N]=[W]=[CH]C(C)(C)c1ccccc1.Cc1cc(C)c(-c2cc(F)cc(-c3c(C)cc(C)cc3C)c2O)c(C)c1.Cc1ccc(C)[n-]1.Cc1ccc(C)[n-]1.Oc1c(-c2ccc(Br)cc2)c(-c2ccccc2)c(Br)c(-c2ccccc2)c1-c1ccc(Br)cc1. The maximum absolute atomic E-state index is 14.6. The Morgan fingerprint density at radius 3 is 0.861 bits per heavy atom. The molecule has 0 saturated heterocycles. The molecular weight excluding hydrogens is 2040 g/mol. The second-order valence-electron chi connectivity index (χ2n) is 33.8. The van der Waals surface area contributed by atoms with E-state index in [4.69, 9.17) is 6.99 Å². The molecule has 0 spiro atoms. The molecule has 12 aromatic carbocycles. The van der Waals surface area contributed by atoms with Crippen LogP contribution < -0.4 is 9.97 Å². The summed E-state index contributed by atoms with van der Waals surface area (Å²) >= 11 is 9.22. The van der Waals surface area contributed by atoms with E-state index in [1.807, 2.05) is 178 Å². The molecule has 14 rings (SSSR count). The van der Waals surface area contributed by atoms with Crippen molar-refractivity contribution in [2.45, 2.75) is 187 Å². The Labute approximate surface area is 769 Å². The van der Waals surface area contributed by atoms with Gasteiger partial charge in [-0.05, 0) is 150 Å². The van der Waals surface area contributed by atoms with Crippen LogP contribution in [0.1, 0.15) is 196 Å². The van der Waals surface area contributed by atoms with Crippen LogP contribution in [0.15, 0.2) is 287 Å². The zero-order valence-corrected chi connectivity index (χ0v) is 85.5. The minimum atomic E-state index is -0.918. The first-order valence-electron chi connectivity index (χ1n) is 41.8. The van der Waals surface area contributed by atoms with Gasteiger partial charge in [-0.2, -0.15) is 22.8 Å². The minimum absolute atomic E-state index is 0.0974. The number of phenolic OH excluding ortho intramolecular Hbond substituents is 2. The summed E-state index contributed by atoms with van der Waals surface area (Å²) in [5.41, 5.74) is 32.3. The van der Waals surface area contributed by atoms with Gasteiger partial charge in [0.1, 0.15) is 17.3 Å². The summed E-state index contributed by atoms with van der Waals surface area (Å²) in [5.74, 6) is 2.12. The Morgan fingerprint density at radius 1 is 0.328 bits per heavy atom. The molecule has 0 bridgehead atoms. The van der Waals surface area contributed by atoms with Crippen molar-refractivity contribution in [1.29, 1.82) is 0 Å². The van der Waals surface area contributed by atoms with E-state index in [1.165, 1.54) is 56.9 Å². The Balaban J connectivity index is 0.000000176. The molecule has 14 aromatic rings. The first kappa shape index (κ1) is 96.7. The first-order valence-corrected chi connectivity index (χ1v) is 50.2. The molecule has 0 amide bonds. The van der Waals surface area contributed by atoms with Gasteiger partial charge in [0, 0.05) is 46.8 Å². The fourth-order valence-corrected chi connectivity index (χ4v) is 22.1. The summed E-state index contributed by atoms with van der Waals surface area (Å²) in [5, 5.41) is 23.1. The van der Waals surface area contributed by atoms with Crippen LogP contribution >= 0.6 is 47.8 Å². The predicted octanol–water partition coefficient (Wildman–Crippen LogP) is 32.8. The molecule has 2 heterocycles. The number of nitrogens with zero attached hydrogens (tertiary/aromatic N) is 4. The van der Waals surface area contributed by atoms with Crippen LogP contribution in [0.5, 0.6) is 11.5 Å². The molecule has 6 nitrogen and oxygen atoms in total. The molecule has 0 fully saturated rings. The van der Waals surface area contributed by atoms with Gasteiger partial charge in [0.05, 0.1) is 0 Å². The molecule has 0 aliphatic heterocycles.